The quantitative estimate of drug-likeness (QED) is 0.788. The number of carbonyl (C=O) groups excluding carboxylic acids is 1. The highest BCUT2D eigenvalue weighted by molar-refractivity contribution is 5.94. The van der Waals surface area contributed by atoms with Crippen molar-refractivity contribution in [1.82, 2.24) is 14.9 Å². The van der Waals surface area contributed by atoms with Gasteiger partial charge < -0.3 is 14.6 Å². The van der Waals surface area contributed by atoms with E-state index in [1.165, 1.54) is 0 Å². The number of methoxy groups -OCH3 is 1. The van der Waals surface area contributed by atoms with Crippen LogP contribution in [0.4, 0.5) is 0 Å². The van der Waals surface area contributed by atoms with Gasteiger partial charge in [-0.2, -0.15) is 0 Å². The topological polar surface area (TPSA) is 56.1 Å². The Kier molecular flexibility index (Phi) is 4.28. The van der Waals surface area contributed by atoms with Crippen molar-refractivity contribution in [3.63, 3.8) is 0 Å². The van der Waals surface area contributed by atoms with E-state index < -0.39 is 0 Å². The first-order chi connectivity index (χ1) is 11.2. The van der Waals surface area contributed by atoms with Gasteiger partial charge in [-0.05, 0) is 24.3 Å². The molecule has 0 saturated carbocycles. The minimum atomic E-state index is -0.0639. The van der Waals surface area contributed by atoms with Crippen molar-refractivity contribution in [2.45, 2.75) is 6.42 Å². The Morgan fingerprint density at radius 3 is 2.74 bits per heavy atom. The van der Waals surface area contributed by atoms with Crippen LogP contribution in [0.15, 0.2) is 48.5 Å². The Hall–Kier alpha value is -2.82. The van der Waals surface area contributed by atoms with E-state index in [9.17, 15) is 4.79 Å². The predicted octanol–water partition coefficient (Wildman–Crippen LogP) is 2.55. The van der Waals surface area contributed by atoms with Crippen LogP contribution in [0, 0.1) is 0 Å². The molecule has 23 heavy (non-hydrogen) atoms. The highest BCUT2D eigenvalue weighted by Gasteiger charge is 2.09. The molecule has 1 amide bonds. The molecule has 5 heteroatoms. The van der Waals surface area contributed by atoms with Crippen molar-refractivity contribution in [3.8, 4) is 5.75 Å². The van der Waals surface area contributed by atoms with Crippen LogP contribution in [0.5, 0.6) is 5.75 Å². The maximum absolute atomic E-state index is 12.0. The summed E-state index contributed by atoms with van der Waals surface area (Å²) in [5, 5.41) is 2.92. The van der Waals surface area contributed by atoms with Gasteiger partial charge in [-0.25, -0.2) is 4.98 Å². The predicted molar refractivity (Wildman–Crippen MR) is 89.7 cm³/mol. The van der Waals surface area contributed by atoms with Gasteiger partial charge in [0.1, 0.15) is 11.6 Å². The first-order valence-electron chi connectivity index (χ1n) is 7.51. The highest BCUT2D eigenvalue weighted by Crippen LogP contribution is 2.20. The molecule has 0 radical (unpaired) electrons. The van der Waals surface area contributed by atoms with Gasteiger partial charge in [0.05, 0.1) is 18.1 Å². The molecule has 0 aliphatic carbocycles. The Morgan fingerprint density at radius 1 is 1.22 bits per heavy atom. The number of nitrogens with zero attached hydrogens (tertiary/aromatic N) is 2. The molecule has 0 aliphatic heterocycles. The fourth-order valence-corrected chi connectivity index (χ4v) is 2.56. The molecule has 118 valence electrons. The standard InChI is InChI=1S/C18H19N3O2/c1-21-16-9-8-14(23-2)12-15(16)20-17(21)10-11-19-18(22)13-6-4-3-5-7-13/h3-9,12H,10-11H2,1-2H3,(H,19,22). The minimum Gasteiger partial charge on any atom is -0.497 e. The number of ether oxygens (including phenoxy) is 1. The zero-order valence-electron chi connectivity index (χ0n) is 13.2. The minimum absolute atomic E-state index is 0.0639. The largest absolute Gasteiger partial charge is 0.497 e. The van der Waals surface area contributed by atoms with Gasteiger partial charge in [-0.15, -0.1) is 0 Å². The Balaban J connectivity index is 1.67. The number of benzene rings is 2. The zero-order valence-corrected chi connectivity index (χ0v) is 13.2. The number of aryl methyl sites for hydroxylation is 1. The van der Waals surface area contributed by atoms with E-state index in [1.54, 1.807) is 19.2 Å². The molecule has 1 N–H and O–H groups in total. The lowest BCUT2D eigenvalue weighted by atomic mass is 10.2. The molecule has 5 nitrogen and oxygen atoms in total. The van der Waals surface area contributed by atoms with Gasteiger partial charge in [0.15, 0.2) is 0 Å². The van der Waals surface area contributed by atoms with Crippen molar-refractivity contribution < 1.29 is 9.53 Å². The number of imidazole rings is 1. The highest BCUT2D eigenvalue weighted by atomic mass is 16.5. The van der Waals surface area contributed by atoms with E-state index in [2.05, 4.69) is 10.3 Å². The average molecular weight is 309 g/mol. The number of nitrogens with one attached hydrogen (secondary N) is 1. The molecule has 0 bridgehead atoms. The summed E-state index contributed by atoms with van der Waals surface area (Å²) in [5.41, 5.74) is 2.62. The van der Waals surface area contributed by atoms with Crippen molar-refractivity contribution >= 4 is 16.9 Å². The van der Waals surface area contributed by atoms with Gasteiger partial charge in [0.2, 0.25) is 0 Å². The van der Waals surface area contributed by atoms with Crippen LogP contribution in [0.2, 0.25) is 0 Å². The molecular weight excluding hydrogens is 290 g/mol. The van der Waals surface area contributed by atoms with Crippen molar-refractivity contribution in [2.75, 3.05) is 13.7 Å². The zero-order chi connectivity index (χ0) is 16.2. The number of rotatable bonds is 5. The Bertz CT molecular complexity index is 825. The van der Waals surface area contributed by atoms with Gasteiger partial charge in [0.25, 0.3) is 5.91 Å². The summed E-state index contributed by atoms with van der Waals surface area (Å²) in [6, 6.07) is 15.0. The van der Waals surface area contributed by atoms with E-state index >= 15 is 0 Å². The molecule has 0 atom stereocenters. The number of hydrogen-bond acceptors (Lipinski definition) is 3. The second-order valence-electron chi connectivity index (χ2n) is 5.31. The number of hydrogen-bond donors (Lipinski definition) is 1. The summed E-state index contributed by atoms with van der Waals surface area (Å²) in [6.07, 6.45) is 0.673. The number of fused-ring (bicyclic) bond motifs is 1. The molecule has 1 heterocycles. The number of carbonyl (C=O) groups is 1. The first-order valence-corrected chi connectivity index (χ1v) is 7.51. The van der Waals surface area contributed by atoms with E-state index in [0.717, 1.165) is 22.6 Å². The lowest BCUT2D eigenvalue weighted by Crippen LogP contribution is -2.26. The van der Waals surface area contributed by atoms with Crippen LogP contribution in [0.1, 0.15) is 16.2 Å². The van der Waals surface area contributed by atoms with Crippen molar-refractivity contribution in [2.24, 2.45) is 7.05 Å². The Morgan fingerprint density at radius 2 is 2.00 bits per heavy atom. The van der Waals surface area contributed by atoms with Gasteiger partial charge in [-0.3, -0.25) is 4.79 Å². The SMILES string of the molecule is COc1ccc2c(c1)nc(CCNC(=O)c1ccccc1)n2C. The number of aromatic nitrogens is 2. The van der Waals surface area contributed by atoms with Crippen molar-refractivity contribution in [1.29, 1.82) is 0 Å². The molecule has 3 aromatic rings. The lowest BCUT2D eigenvalue weighted by Gasteiger charge is -2.05. The van der Waals surface area contributed by atoms with Crippen LogP contribution < -0.4 is 10.1 Å². The molecule has 0 saturated heterocycles. The molecule has 2 aromatic carbocycles. The van der Waals surface area contributed by atoms with Gasteiger partial charge in [-0.1, -0.05) is 18.2 Å². The summed E-state index contributed by atoms with van der Waals surface area (Å²) < 4.78 is 7.27. The third-order valence-corrected chi connectivity index (χ3v) is 3.85. The van der Waals surface area contributed by atoms with E-state index in [4.69, 9.17) is 4.74 Å². The Labute approximate surface area is 134 Å². The first kappa shape index (κ1) is 15.1. The normalized spacial score (nSPS) is 10.7. The van der Waals surface area contributed by atoms with Crippen LogP contribution in [-0.2, 0) is 13.5 Å². The van der Waals surface area contributed by atoms with Crippen LogP contribution >= 0.6 is 0 Å². The second-order valence-corrected chi connectivity index (χ2v) is 5.31. The fraction of sp³-hybridized carbons (Fsp3) is 0.222. The van der Waals surface area contributed by atoms with E-state index in [0.29, 0.717) is 18.5 Å². The molecular formula is C18H19N3O2. The summed E-state index contributed by atoms with van der Waals surface area (Å²) in [7, 11) is 3.63. The molecule has 0 spiro atoms. The third kappa shape index (κ3) is 3.18. The third-order valence-electron chi connectivity index (χ3n) is 3.85. The van der Waals surface area contributed by atoms with Gasteiger partial charge >= 0.3 is 0 Å². The molecule has 0 aliphatic rings. The lowest BCUT2D eigenvalue weighted by molar-refractivity contribution is 0.0954. The van der Waals surface area contributed by atoms with E-state index in [1.807, 2.05) is 48.0 Å². The molecule has 3 rings (SSSR count). The molecule has 0 unspecified atom stereocenters. The van der Waals surface area contributed by atoms with Gasteiger partial charge in [0, 0.05) is 31.6 Å². The monoisotopic (exact) mass is 309 g/mol. The number of amides is 1. The fourth-order valence-electron chi connectivity index (χ4n) is 2.56. The summed E-state index contributed by atoms with van der Waals surface area (Å²) in [6.45, 7) is 0.544. The summed E-state index contributed by atoms with van der Waals surface area (Å²) in [4.78, 5) is 16.6. The maximum Gasteiger partial charge on any atom is 0.251 e. The summed E-state index contributed by atoms with van der Waals surface area (Å²) in [5.74, 6) is 1.66. The maximum atomic E-state index is 12.0. The average Bonchev–Trinajstić information content (AvgIpc) is 2.91. The second kappa shape index (κ2) is 6.52. The molecule has 1 aromatic heterocycles. The van der Waals surface area contributed by atoms with Crippen molar-refractivity contribution in [3.05, 3.63) is 59.9 Å². The van der Waals surface area contributed by atoms with Crippen LogP contribution in [0.3, 0.4) is 0 Å². The van der Waals surface area contributed by atoms with E-state index in [-0.39, 0.29) is 5.91 Å². The summed E-state index contributed by atoms with van der Waals surface area (Å²) >= 11 is 0. The molecule has 0 fully saturated rings. The smallest absolute Gasteiger partial charge is 0.251 e. The van der Waals surface area contributed by atoms with Crippen LogP contribution in [-0.4, -0.2) is 29.1 Å². The van der Waals surface area contributed by atoms with Crippen LogP contribution in [0.25, 0.3) is 11.0 Å².